The topological polar surface area (TPSA) is 48.6 Å². The molecular weight excluding hydrogens is 335 g/mol. The second-order valence-corrected chi connectivity index (χ2v) is 3.92. The molecule has 0 heterocycles. The monoisotopic (exact) mass is 342 g/mol. The van der Waals surface area contributed by atoms with Crippen molar-refractivity contribution in [3.63, 3.8) is 0 Å². The molecule has 0 amide bonds. The summed E-state index contributed by atoms with van der Waals surface area (Å²) in [6, 6.07) is 4.25. The number of carbonyl (C=O) groups excluding carboxylic acids is 1. The van der Waals surface area contributed by atoms with Gasteiger partial charge in [0.25, 0.3) is 0 Å². The maximum absolute atomic E-state index is 13.2. The van der Waals surface area contributed by atoms with Crippen molar-refractivity contribution in [1.82, 2.24) is 0 Å². The zero-order chi connectivity index (χ0) is 16.7. The number of rotatable bonds is 4. The average Bonchev–Trinajstić information content (AvgIpc) is 2.37. The first-order valence-electron chi connectivity index (χ1n) is 5.07. The van der Waals surface area contributed by atoms with Crippen molar-refractivity contribution in [2.24, 2.45) is 0 Å². The van der Waals surface area contributed by atoms with E-state index in [1.54, 1.807) is 0 Å². The molecule has 0 atom stereocenters. The Labute approximate surface area is 116 Å². The molecule has 0 aromatic heterocycles. The molecule has 0 unspecified atom stereocenters. The SMILES string of the molecule is O.O=C(c1ccccc1)C(F)(F)C(F)(F)C(F)(F)C(F)(F)F. The standard InChI is InChI=1S/C11H5F9O.H2O/c12-8(13,7(21)6-4-2-1-3-5-6)9(14,15)10(16,17)11(18,19)20;/h1-5H;1H2. The number of hydrogen-bond donors (Lipinski definition) is 0. The Hall–Kier alpha value is -1.78. The Bertz CT molecular complexity index is 522. The minimum atomic E-state index is -7.08. The molecule has 0 aliphatic heterocycles. The summed E-state index contributed by atoms with van der Waals surface area (Å²) in [6.07, 6.45) is -6.95. The Kier molecular flexibility index (Phi) is 5.31. The molecular formula is C11H7F9O2. The Morgan fingerprint density at radius 3 is 1.50 bits per heavy atom. The third kappa shape index (κ3) is 2.89. The molecule has 2 nitrogen and oxygen atoms in total. The second-order valence-electron chi connectivity index (χ2n) is 3.92. The summed E-state index contributed by atoms with van der Waals surface area (Å²) in [5.74, 6) is -23.1. The van der Waals surface area contributed by atoms with E-state index in [2.05, 4.69) is 0 Å². The fourth-order valence-corrected chi connectivity index (χ4v) is 1.29. The lowest BCUT2D eigenvalue weighted by Crippen LogP contribution is -2.63. The number of Topliss-reactive ketones (excluding diaryl/α,β-unsaturated/α-hetero) is 1. The molecule has 22 heavy (non-hydrogen) atoms. The van der Waals surface area contributed by atoms with E-state index in [1.165, 1.54) is 6.07 Å². The van der Waals surface area contributed by atoms with Crippen LogP contribution in [0.3, 0.4) is 0 Å². The van der Waals surface area contributed by atoms with E-state index < -0.39 is 35.3 Å². The summed E-state index contributed by atoms with van der Waals surface area (Å²) in [6.45, 7) is 0. The molecule has 1 aromatic carbocycles. The predicted molar refractivity (Wildman–Crippen MR) is 55.3 cm³/mol. The highest BCUT2D eigenvalue weighted by Gasteiger charge is 2.83. The number of alkyl halides is 9. The van der Waals surface area contributed by atoms with Crippen molar-refractivity contribution in [1.29, 1.82) is 0 Å². The van der Waals surface area contributed by atoms with Crippen LogP contribution in [-0.2, 0) is 0 Å². The van der Waals surface area contributed by atoms with Gasteiger partial charge in [-0.25, -0.2) is 0 Å². The van der Waals surface area contributed by atoms with Gasteiger partial charge in [0.2, 0.25) is 5.78 Å². The van der Waals surface area contributed by atoms with E-state index in [0.717, 1.165) is 12.1 Å². The normalized spacial score (nSPS) is 13.5. The van der Waals surface area contributed by atoms with Crippen LogP contribution in [0.15, 0.2) is 30.3 Å². The number of hydrogen-bond acceptors (Lipinski definition) is 1. The quantitative estimate of drug-likeness (QED) is 0.610. The molecule has 2 N–H and O–H groups in total. The maximum Gasteiger partial charge on any atom is 0.460 e. The summed E-state index contributed by atoms with van der Waals surface area (Å²) in [5.41, 5.74) is -1.12. The lowest BCUT2D eigenvalue weighted by molar-refractivity contribution is -0.386. The van der Waals surface area contributed by atoms with E-state index in [1.807, 2.05) is 0 Å². The number of ketones is 1. The van der Waals surface area contributed by atoms with Crippen LogP contribution >= 0.6 is 0 Å². The Morgan fingerprint density at radius 1 is 0.727 bits per heavy atom. The molecule has 0 fully saturated rings. The van der Waals surface area contributed by atoms with Gasteiger partial charge in [0.05, 0.1) is 0 Å². The van der Waals surface area contributed by atoms with Crippen LogP contribution in [0.4, 0.5) is 39.5 Å². The predicted octanol–water partition coefficient (Wildman–Crippen LogP) is 3.51. The second kappa shape index (κ2) is 5.78. The first-order valence-corrected chi connectivity index (χ1v) is 5.07. The van der Waals surface area contributed by atoms with Crippen LogP contribution in [0.2, 0.25) is 0 Å². The zero-order valence-electron chi connectivity index (χ0n) is 10.2. The van der Waals surface area contributed by atoms with Crippen molar-refractivity contribution in [2.75, 3.05) is 0 Å². The highest BCUT2D eigenvalue weighted by Crippen LogP contribution is 2.53. The van der Waals surface area contributed by atoms with Crippen molar-refractivity contribution in [3.05, 3.63) is 35.9 Å². The molecule has 0 aliphatic carbocycles. The largest absolute Gasteiger partial charge is 0.460 e. The van der Waals surface area contributed by atoms with Gasteiger partial charge in [0.1, 0.15) is 0 Å². The molecule has 0 saturated heterocycles. The fourth-order valence-electron chi connectivity index (χ4n) is 1.29. The molecule has 0 aliphatic rings. The van der Waals surface area contributed by atoms with E-state index >= 15 is 0 Å². The molecule has 1 rings (SSSR count). The molecule has 0 spiro atoms. The third-order valence-corrected chi connectivity index (χ3v) is 2.47. The summed E-state index contributed by atoms with van der Waals surface area (Å²) in [7, 11) is 0. The van der Waals surface area contributed by atoms with E-state index in [-0.39, 0.29) is 5.48 Å². The van der Waals surface area contributed by atoms with Gasteiger partial charge in [-0.1, -0.05) is 30.3 Å². The molecule has 11 heteroatoms. The molecule has 0 saturated carbocycles. The van der Waals surface area contributed by atoms with Crippen molar-refractivity contribution in [2.45, 2.75) is 23.9 Å². The minimum absolute atomic E-state index is 0. The molecule has 1 aromatic rings. The zero-order valence-corrected chi connectivity index (χ0v) is 10.2. The van der Waals surface area contributed by atoms with Gasteiger partial charge in [-0.2, -0.15) is 39.5 Å². The Morgan fingerprint density at radius 2 is 1.14 bits per heavy atom. The van der Waals surface area contributed by atoms with Crippen LogP contribution in [0.5, 0.6) is 0 Å². The van der Waals surface area contributed by atoms with Gasteiger partial charge in [-0.3, -0.25) is 4.79 Å². The van der Waals surface area contributed by atoms with Gasteiger partial charge < -0.3 is 5.48 Å². The molecule has 126 valence electrons. The highest BCUT2D eigenvalue weighted by atomic mass is 19.4. The van der Waals surface area contributed by atoms with Crippen LogP contribution in [0.1, 0.15) is 10.4 Å². The van der Waals surface area contributed by atoms with Gasteiger partial charge >= 0.3 is 23.9 Å². The summed E-state index contributed by atoms with van der Waals surface area (Å²) >= 11 is 0. The van der Waals surface area contributed by atoms with Gasteiger partial charge in [0, 0.05) is 5.56 Å². The third-order valence-electron chi connectivity index (χ3n) is 2.47. The van der Waals surface area contributed by atoms with E-state index in [4.69, 9.17) is 0 Å². The molecule has 0 bridgehead atoms. The smallest absolute Gasteiger partial charge is 0.412 e. The maximum atomic E-state index is 13.2. The first-order chi connectivity index (χ1) is 9.27. The van der Waals surface area contributed by atoms with Crippen molar-refractivity contribution >= 4 is 5.78 Å². The lowest BCUT2D eigenvalue weighted by atomic mass is 9.96. The number of halogens is 9. The van der Waals surface area contributed by atoms with Crippen LogP contribution < -0.4 is 0 Å². The van der Waals surface area contributed by atoms with Crippen LogP contribution in [0.25, 0.3) is 0 Å². The number of carbonyl (C=O) groups is 1. The molecule has 0 radical (unpaired) electrons. The number of benzene rings is 1. The van der Waals surface area contributed by atoms with Gasteiger partial charge in [-0.05, 0) is 0 Å². The van der Waals surface area contributed by atoms with Gasteiger partial charge in [-0.15, -0.1) is 0 Å². The van der Waals surface area contributed by atoms with Crippen molar-refractivity contribution < 1.29 is 49.8 Å². The van der Waals surface area contributed by atoms with Crippen LogP contribution in [0, 0.1) is 0 Å². The van der Waals surface area contributed by atoms with E-state index in [0.29, 0.717) is 12.1 Å². The first kappa shape index (κ1) is 20.2. The summed E-state index contributed by atoms with van der Waals surface area (Å²) in [4.78, 5) is 11.2. The lowest BCUT2D eigenvalue weighted by Gasteiger charge is -2.32. The summed E-state index contributed by atoms with van der Waals surface area (Å²) in [5, 5.41) is 0. The van der Waals surface area contributed by atoms with Gasteiger partial charge in [0.15, 0.2) is 0 Å². The highest BCUT2D eigenvalue weighted by molar-refractivity contribution is 6.02. The minimum Gasteiger partial charge on any atom is -0.412 e. The average molecular weight is 342 g/mol. The van der Waals surface area contributed by atoms with Crippen LogP contribution in [-0.4, -0.2) is 35.2 Å². The fraction of sp³-hybridized carbons (Fsp3) is 0.364. The van der Waals surface area contributed by atoms with E-state index in [9.17, 15) is 44.3 Å². The van der Waals surface area contributed by atoms with Crippen molar-refractivity contribution in [3.8, 4) is 0 Å². The Balaban J connectivity index is 0.00000441. The summed E-state index contributed by atoms with van der Waals surface area (Å²) < 4.78 is 113.